The number of anilines is 1. The molecule has 0 aliphatic rings. The van der Waals surface area contributed by atoms with Crippen LogP contribution < -0.4 is 5.32 Å². The molecule has 0 aliphatic carbocycles. The molecule has 3 aromatic carbocycles. The number of amides is 1. The molecule has 29 heavy (non-hydrogen) atoms. The number of nitrogens with one attached hydrogen (secondary N) is 1. The van der Waals surface area contributed by atoms with E-state index in [4.69, 9.17) is 11.6 Å². The van der Waals surface area contributed by atoms with Gasteiger partial charge in [0, 0.05) is 33.9 Å². The van der Waals surface area contributed by atoms with Crippen LogP contribution in [-0.4, -0.2) is 16.3 Å². The van der Waals surface area contributed by atoms with Crippen molar-refractivity contribution in [1.82, 2.24) is 4.57 Å². The third-order valence-electron chi connectivity index (χ3n) is 4.95. The first-order valence-corrected chi connectivity index (χ1v) is 9.65. The summed E-state index contributed by atoms with van der Waals surface area (Å²) in [6.45, 7) is 2.45. The Morgan fingerprint density at radius 1 is 0.897 bits per heavy atom. The lowest BCUT2D eigenvalue weighted by molar-refractivity contribution is -0.112. The van der Waals surface area contributed by atoms with Gasteiger partial charge < -0.3 is 9.88 Å². The first-order valence-electron chi connectivity index (χ1n) is 9.27. The van der Waals surface area contributed by atoms with Gasteiger partial charge in [-0.1, -0.05) is 60.1 Å². The van der Waals surface area contributed by atoms with Crippen LogP contribution in [0.3, 0.4) is 0 Å². The van der Waals surface area contributed by atoms with E-state index in [1.807, 2.05) is 73.7 Å². The SMILES string of the molecule is Cc1c(C(=O)C(=O)Nc2ccccc2)c2ccccc2n1Cc1ccc(Cl)cc1. The van der Waals surface area contributed by atoms with Crippen molar-refractivity contribution >= 4 is 39.9 Å². The number of halogens is 1. The van der Waals surface area contributed by atoms with E-state index in [2.05, 4.69) is 9.88 Å². The van der Waals surface area contributed by atoms with Crippen molar-refractivity contribution in [2.75, 3.05) is 5.32 Å². The first-order chi connectivity index (χ1) is 14.0. The minimum Gasteiger partial charge on any atom is -0.340 e. The van der Waals surface area contributed by atoms with E-state index in [1.54, 1.807) is 12.1 Å². The molecule has 1 amide bonds. The van der Waals surface area contributed by atoms with Crippen molar-refractivity contribution in [2.45, 2.75) is 13.5 Å². The highest BCUT2D eigenvalue weighted by Gasteiger charge is 2.25. The van der Waals surface area contributed by atoms with E-state index < -0.39 is 11.7 Å². The van der Waals surface area contributed by atoms with E-state index in [1.165, 1.54) is 0 Å². The lowest BCUT2D eigenvalue weighted by Crippen LogP contribution is -2.23. The summed E-state index contributed by atoms with van der Waals surface area (Å²) in [5.74, 6) is -1.19. The Bertz CT molecular complexity index is 1200. The predicted octanol–water partition coefficient (Wildman–Crippen LogP) is 5.47. The number of ketones is 1. The van der Waals surface area contributed by atoms with E-state index in [-0.39, 0.29) is 0 Å². The van der Waals surface area contributed by atoms with Crippen LogP contribution in [0.2, 0.25) is 5.02 Å². The first kappa shape index (κ1) is 19.0. The topological polar surface area (TPSA) is 51.1 Å². The molecular formula is C24H19ClN2O2. The molecule has 0 spiro atoms. The maximum atomic E-state index is 13.1. The Morgan fingerprint density at radius 3 is 2.28 bits per heavy atom. The average Bonchev–Trinajstić information content (AvgIpc) is 3.01. The second-order valence-corrected chi connectivity index (χ2v) is 7.28. The summed E-state index contributed by atoms with van der Waals surface area (Å²) < 4.78 is 2.06. The zero-order valence-electron chi connectivity index (χ0n) is 15.9. The Labute approximate surface area is 173 Å². The van der Waals surface area contributed by atoms with Gasteiger partial charge in [-0.05, 0) is 42.8 Å². The maximum Gasteiger partial charge on any atom is 0.296 e. The lowest BCUT2D eigenvalue weighted by atomic mass is 10.1. The fourth-order valence-corrected chi connectivity index (χ4v) is 3.64. The minimum absolute atomic E-state index is 0.433. The molecule has 0 fully saturated rings. The van der Waals surface area contributed by atoms with Gasteiger partial charge in [0.25, 0.3) is 11.7 Å². The summed E-state index contributed by atoms with van der Waals surface area (Å²) in [6.07, 6.45) is 0. The maximum absolute atomic E-state index is 13.1. The number of rotatable bonds is 5. The zero-order chi connectivity index (χ0) is 20.4. The number of nitrogens with zero attached hydrogens (tertiary/aromatic N) is 1. The average molecular weight is 403 g/mol. The van der Waals surface area contributed by atoms with Gasteiger partial charge in [-0.25, -0.2) is 0 Å². The lowest BCUT2D eigenvalue weighted by Gasteiger charge is -2.09. The van der Waals surface area contributed by atoms with Crippen LogP contribution in [0.1, 0.15) is 21.6 Å². The molecule has 0 bridgehead atoms. The fourth-order valence-electron chi connectivity index (χ4n) is 3.52. The molecule has 1 aromatic heterocycles. The van der Waals surface area contributed by atoms with Gasteiger partial charge in [-0.2, -0.15) is 0 Å². The summed E-state index contributed by atoms with van der Waals surface area (Å²) in [5, 5.41) is 4.13. The summed E-state index contributed by atoms with van der Waals surface area (Å²) in [4.78, 5) is 25.7. The van der Waals surface area contributed by atoms with Crippen LogP contribution in [0.5, 0.6) is 0 Å². The highest BCUT2D eigenvalue weighted by molar-refractivity contribution is 6.48. The normalized spacial score (nSPS) is 10.8. The van der Waals surface area contributed by atoms with Gasteiger partial charge in [0.15, 0.2) is 0 Å². The molecule has 4 nitrogen and oxygen atoms in total. The summed E-state index contributed by atoms with van der Waals surface area (Å²) in [5.41, 5.74) is 3.76. The fraction of sp³-hybridized carbons (Fsp3) is 0.0833. The number of carbonyl (C=O) groups is 2. The molecule has 1 N–H and O–H groups in total. The van der Waals surface area contributed by atoms with E-state index >= 15 is 0 Å². The second-order valence-electron chi connectivity index (χ2n) is 6.84. The Morgan fingerprint density at radius 2 is 1.55 bits per heavy atom. The number of Topliss-reactive ketones (excluding diaryl/α,β-unsaturated/α-hetero) is 1. The van der Waals surface area contributed by atoms with Crippen LogP contribution >= 0.6 is 11.6 Å². The van der Waals surface area contributed by atoms with Gasteiger partial charge in [-0.3, -0.25) is 9.59 Å². The molecule has 0 saturated carbocycles. The third-order valence-corrected chi connectivity index (χ3v) is 5.20. The predicted molar refractivity (Wildman–Crippen MR) is 117 cm³/mol. The van der Waals surface area contributed by atoms with Crippen LogP contribution in [0.15, 0.2) is 78.9 Å². The number of fused-ring (bicyclic) bond motifs is 1. The third kappa shape index (κ3) is 3.80. The molecule has 144 valence electrons. The van der Waals surface area contributed by atoms with Crippen LogP contribution in [0.25, 0.3) is 10.9 Å². The number of para-hydroxylation sites is 2. The van der Waals surface area contributed by atoms with Crippen molar-refractivity contribution in [3.05, 3.63) is 101 Å². The summed E-state index contributed by atoms with van der Waals surface area (Å²) in [6, 6.07) is 24.2. The van der Waals surface area contributed by atoms with Crippen molar-refractivity contribution in [2.24, 2.45) is 0 Å². The van der Waals surface area contributed by atoms with Crippen molar-refractivity contribution in [3.63, 3.8) is 0 Å². The molecule has 1 heterocycles. The molecule has 0 saturated heterocycles. The molecule has 0 atom stereocenters. The van der Waals surface area contributed by atoms with Crippen molar-refractivity contribution < 1.29 is 9.59 Å². The monoisotopic (exact) mass is 402 g/mol. The number of aromatic nitrogens is 1. The van der Waals surface area contributed by atoms with E-state index in [9.17, 15) is 9.59 Å². The molecule has 0 unspecified atom stereocenters. The van der Waals surface area contributed by atoms with Gasteiger partial charge in [0.2, 0.25) is 0 Å². The Hall–Kier alpha value is -3.37. The van der Waals surface area contributed by atoms with Crippen molar-refractivity contribution in [3.8, 4) is 0 Å². The number of hydrogen-bond donors (Lipinski definition) is 1. The van der Waals surface area contributed by atoms with Crippen LogP contribution in [0, 0.1) is 6.92 Å². The van der Waals surface area contributed by atoms with E-state index in [0.717, 1.165) is 22.2 Å². The Kier molecular flexibility index (Phi) is 5.19. The highest BCUT2D eigenvalue weighted by Crippen LogP contribution is 2.28. The standard InChI is InChI=1S/C24H19ClN2O2/c1-16-22(23(28)24(29)26-19-7-3-2-4-8-19)20-9-5-6-10-21(20)27(16)15-17-11-13-18(25)14-12-17/h2-14H,15H2,1H3,(H,26,29). The Balaban J connectivity index is 1.72. The molecule has 0 radical (unpaired) electrons. The molecule has 5 heteroatoms. The zero-order valence-corrected chi connectivity index (χ0v) is 16.6. The number of carbonyl (C=O) groups excluding carboxylic acids is 2. The molecule has 4 aromatic rings. The van der Waals surface area contributed by atoms with E-state index in [0.29, 0.717) is 22.8 Å². The minimum atomic E-state index is -0.645. The quantitative estimate of drug-likeness (QED) is 0.355. The highest BCUT2D eigenvalue weighted by atomic mass is 35.5. The molecule has 4 rings (SSSR count). The van der Waals surface area contributed by atoms with Gasteiger partial charge in [0.1, 0.15) is 0 Å². The summed E-state index contributed by atoms with van der Waals surface area (Å²) in [7, 11) is 0. The second kappa shape index (κ2) is 7.94. The van der Waals surface area contributed by atoms with Gasteiger partial charge in [0.05, 0.1) is 5.56 Å². The number of benzene rings is 3. The largest absolute Gasteiger partial charge is 0.340 e. The van der Waals surface area contributed by atoms with Crippen LogP contribution in [-0.2, 0) is 11.3 Å². The van der Waals surface area contributed by atoms with Gasteiger partial charge in [-0.15, -0.1) is 0 Å². The smallest absolute Gasteiger partial charge is 0.296 e. The summed E-state index contributed by atoms with van der Waals surface area (Å²) >= 11 is 5.99. The van der Waals surface area contributed by atoms with Gasteiger partial charge >= 0.3 is 0 Å². The van der Waals surface area contributed by atoms with Crippen LogP contribution in [0.4, 0.5) is 5.69 Å². The number of hydrogen-bond acceptors (Lipinski definition) is 2. The molecular weight excluding hydrogens is 384 g/mol. The van der Waals surface area contributed by atoms with Crippen molar-refractivity contribution in [1.29, 1.82) is 0 Å². The molecule has 0 aliphatic heterocycles.